The zero-order chi connectivity index (χ0) is 22.1. The number of fused-ring (bicyclic) bond motifs is 1. The van der Waals surface area contributed by atoms with Crippen molar-refractivity contribution in [3.05, 3.63) is 60.6 Å². The summed E-state index contributed by atoms with van der Waals surface area (Å²) in [6, 6.07) is 12.9. The van der Waals surface area contributed by atoms with Crippen LogP contribution in [0.25, 0.3) is 22.2 Å². The Morgan fingerprint density at radius 3 is 2.55 bits per heavy atom. The minimum Gasteiger partial charge on any atom is -0.496 e. The van der Waals surface area contributed by atoms with Crippen molar-refractivity contribution in [2.45, 2.75) is 26.8 Å². The molecule has 0 spiro atoms. The molecule has 0 amide bonds. The molecule has 4 aromatic rings. The van der Waals surface area contributed by atoms with Crippen LogP contribution in [0.2, 0.25) is 0 Å². The molecule has 0 fully saturated rings. The molecule has 4 rings (SSSR count). The Balaban J connectivity index is 1.81. The molecule has 0 radical (unpaired) electrons. The summed E-state index contributed by atoms with van der Waals surface area (Å²) in [6.45, 7) is 5.69. The van der Waals surface area contributed by atoms with Gasteiger partial charge >= 0.3 is 0 Å². The first-order valence-electron chi connectivity index (χ1n) is 9.98. The van der Waals surface area contributed by atoms with E-state index in [1.807, 2.05) is 30.5 Å². The second-order valence-corrected chi connectivity index (χ2v) is 7.52. The smallest absolute Gasteiger partial charge is 0.163 e. The molecule has 0 saturated heterocycles. The largest absolute Gasteiger partial charge is 0.496 e. The van der Waals surface area contributed by atoms with E-state index in [1.54, 1.807) is 25.3 Å². The van der Waals surface area contributed by atoms with Gasteiger partial charge < -0.3 is 19.8 Å². The van der Waals surface area contributed by atoms with Crippen molar-refractivity contribution in [2.24, 2.45) is 0 Å². The maximum absolute atomic E-state index is 11.9. The van der Waals surface area contributed by atoms with Crippen LogP contribution in [-0.4, -0.2) is 27.4 Å². The van der Waals surface area contributed by atoms with Crippen LogP contribution in [0.15, 0.2) is 55.0 Å². The first kappa shape index (κ1) is 20.4. The van der Waals surface area contributed by atoms with Crippen LogP contribution in [0, 0.1) is 0 Å². The molecule has 2 aromatic carbocycles. The van der Waals surface area contributed by atoms with Gasteiger partial charge in [0.15, 0.2) is 5.78 Å². The van der Waals surface area contributed by atoms with Gasteiger partial charge in [0, 0.05) is 29.4 Å². The number of anilines is 1. The molecule has 0 aliphatic heterocycles. The Hall–Kier alpha value is -3.87. The second kappa shape index (κ2) is 8.10. The highest BCUT2D eigenvalue weighted by molar-refractivity contribution is 6.02. The Labute approximate surface area is 180 Å². The fraction of sp³-hybridized carbons (Fsp3) is 0.208. The number of rotatable bonds is 6. The number of hydrogen-bond acceptors (Lipinski definition) is 6. The third-order valence-corrected chi connectivity index (χ3v) is 5.15. The summed E-state index contributed by atoms with van der Waals surface area (Å²) in [4.78, 5) is 20.5. The fourth-order valence-corrected chi connectivity index (χ4v) is 3.64. The summed E-state index contributed by atoms with van der Waals surface area (Å²) < 4.78 is 13.7. The van der Waals surface area contributed by atoms with E-state index in [-0.39, 0.29) is 11.8 Å². The molecule has 2 aromatic heterocycles. The van der Waals surface area contributed by atoms with Crippen LogP contribution < -0.4 is 15.2 Å². The summed E-state index contributed by atoms with van der Waals surface area (Å²) in [6.07, 6.45) is 3.49. The topological polar surface area (TPSA) is 92.3 Å². The van der Waals surface area contributed by atoms with E-state index < -0.39 is 0 Å². The third kappa shape index (κ3) is 3.70. The van der Waals surface area contributed by atoms with Crippen LogP contribution in [0.4, 0.5) is 5.82 Å². The molecule has 0 unspecified atom stereocenters. The fourth-order valence-electron chi connectivity index (χ4n) is 3.64. The predicted octanol–water partition coefficient (Wildman–Crippen LogP) is 5.26. The number of ketones is 1. The molecule has 7 heteroatoms. The van der Waals surface area contributed by atoms with Crippen molar-refractivity contribution >= 4 is 22.6 Å². The van der Waals surface area contributed by atoms with Crippen molar-refractivity contribution < 1.29 is 14.3 Å². The van der Waals surface area contributed by atoms with E-state index in [4.69, 9.17) is 15.2 Å². The molecule has 0 saturated carbocycles. The predicted molar refractivity (Wildman–Crippen MR) is 121 cm³/mol. The van der Waals surface area contributed by atoms with Gasteiger partial charge in [0.05, 0.1) is 18.1 Å². The number of nitrogens with zero attached hydrogens (tertiary/aromatic N) is 3. The Bertz CT molecular complexity index is 1280. The Morgan fingerprint density at radius 1 is 1.06 bits per heavy atom. The molecular weight excluding hydrogens is 392 g/mol. The molecule has 31 heavy (non-hydrogen) atoms. The first-order chi connectivity index (χ1) is 14.9. The average molecular weight is 416 g/mol. The van der Waals surface area contributed by atoms with Crippen LogP contribution in [0.5, 0.6) is 17.2 Å². The van der Waals surface area contributed by atoms with Crippen molar-refractivity contribution in [2.75, 3.05) is 12.8 Å². The van der Waals surface area contributed by atoms with E-state index in [9.17, 15) is 4.79 Å². The third-order valence-electron chi connectivity index (χ3n) is 5.15. The zero-order valence-corrected chi connectivity index (χ0v) is 17.9. The SMILES string of the molecule is COc1cc(Oc2ccccc2C(C)=O)ccc1-c1cn(C(C)C)c2ncnc(N)c12. The minimum atomic E-state index is -0.0591. The quantitative estimate of drug-likeness (QED) is 0.431. The first-order valence-corrected chi connectivity index (χ1v) is 9.98. The van der Waals surface area contributed by atoms with Crippen molar-refractivity contribution in [3.8, 4) is 28.4 Å². The lowest BCUT2D eigenvalue weighted by atomic mass is 10.0. The van der Waals surface area contributed by atoms with Gasteiger partial charge in [-0.1, -0.05) is 12.1 Å². The van der Waals surface area contributed by atoms with E-state index in [2.05, 4.69) is 28.4 Å². The summed E-state index contributed by atoms with van der Waals surface area (Å²) in [7, 11) is 1.60. The number of nitrogens with two attached hydrogens (primary N) is 1. The van der Waals surface area contributed by atoms with E-state index in [1.165, 1.54) is 13.3 Å². The van der Waals surface area contributed by atoms with Crippen LogP contribution >= 0.6 is 0 Å². The highest BCUT2D eigenvalue weighted by atomic mass is 16.5. The summed E-state index contributed by atoms with van der Waals surface area (Å²) in [5, 5.41) is 0.782. The molecule has 0 atom stereocenters. The summed E-state index contributed by atoms with van der Waals surface area (Å²) in [5.74, 6) is 2.03. The molecule has 2 N–H and O–H groups in total. The van der Waals surface area contributed by atoms with Gasteiger partial charge in [-0.2, -0.15) is 0 Å². The number of methoxy groups -OCH3 is 1. The Morgan fingerprint density at radius 2 is 1.84 bits per heavy atom. The number of Topliss-reactive ketones (excluding diaryl/α,β-unsaturated/α-hetero) is 1. The standard InChI is InChI=1S/C24H24N4O3/c1-14(2)28-12-19(22-23(25)26-13-27-24(22)28)18-10-9-16(11-21(18)30-4)31-20-8-6-5-7-17(20)15(3)29/h5-14H,1-4H3,(H2,25,26,27). The summed E-state index contributed by atoms with van der Waals surface area (Å²) >= 11 is 0. The molecular formula is C24H24N4O3. The maximum Gasteiger partial charge on any atom is 0.163 e. The van der Waals surface area contributed by atoms with Gasteiger partial charge in [0.1, 0.15) is 35.0 Å². The van der Waals surface area contributed by atoms with Crippen molar-refractivity contribution in [3.63, 3.8) is 0 Å². The molecule has 0 aliphatic carbocycles. The average Bonchev–Trinajstić information content (AvgIpc) is 3.15. The molecule has 0 aliphatic rings. The number of benzene rings is 2. The van der Waals surface area contributed by atoms with Gasteiger partial charge in [-0.05, 0) is 45.0 Å². The number of carbonyl (C=O) groups is 1. The number of para-hydroxylation sites is 1. The lowest BCUT2D eigenvalue weighted by molar-refractivity contribution is 0.101. The molecule has 158 valence electrons. The van der Waals surface area contributed by atoms with Crippen LogP contribution in [-0.2, 0) is 0 Å². The van der Waals surface area contributed by atoms with Gasteiger partial charge in [-0.25, -0.2) is 9.97 Å². The molecule has 7 nitrogen and oxygen atoms in total. The highest BCUT2D eigenvalue weighted by Crippen LogP contribution is 2.41. The monoisotopic (exact) mass is 416 g/mol. The number of ether oxygens (including phenoxy) is 2. The van der Waals surface area contributed by atoms with Crippen molar-refractivity contribution in [1.82, 2.24) is 14.5 Å². The van der Waals surface area contributed by atoms with Crippen LogP contribution in [0.1, 0.15) is 37.2 Å². The number of carbonyl (C=O) groups excluding carboxylic acids is 1. The van der Waals surface area contributed by atoms with E-state index >= 15 is 0 Å². The zero-order valence-electron chi connectivity index (χ0n) is 17.9. The number of aromatic nitrogens is 3. The van der Waals surface area contributed by atoms with Gasteiger partial charge in [-0.3, -0.25) is 4.79 Å². The minimum absolute atomic E-state index is 0.0591. The number of hydrogen-bond donors (Lipinski definition) is 1. The van der Waals surface area contributed by atoms with Gasteiger partial charge in [0.2, 0.25) is 0 Å². The lowest BCUT2D eigenvalue weighted by Gasteiger charge is -2.13. The second-order valence-electron chi connectivity index (χ2n) is 7.52. The van der Waals surface area contributed by atoms with Crippen LogP contribution in [0.3, 0.4) is 0 Å². The highest BCUT2D eigenvalue weighted by Gasteiger charge is 2.20. The van der Waals surface area contributed by atoms with E-state index in [0.717, 1.165) is 22.2 Å². The summed E-state index contributed by atoms with van der Waals surface area (Å²) in [5.41, 5.74) is 9.24. The lowest BCUT2D eigenvalue weighted by Crippen LogP contribution is -2.00. The number of nitrogen functional groups attached to an aromatic ring is 1. The van der Waals surface area contributed by atoms with Gasteiger partial charge in [0.25, 0.3) is 0 Å². The normalized spacial score (nSPS) is 11.1. The van der Waals surface area contributed by atoms with Crippen molar-refractivity contribution in [1.29, 1.82) is 0 Å². The molecule has 0 bridgehead atoms. The maximum atomic E-state index is 11.9. The van der Waals surface area contributed by atoms with Gasteiger partial charge in [-0.15, -0.1) is 0 Å². The van der Waals surface area contributed by atoms with E-state index in [0.29, 0.717) is 28.6 Å². The Kier molecular flexibility index (Phi) is 5.33. The molecule has 2 heterocycles.